The second kappa shape index (κ2) is 7.26. The van der Waals surface area contributed by atoms with Crippen molar-refractivity contribution in [3.8, 4) is 0 Å². The van der Waals surface area contributed by atoms with Crippen molar-refractivity contribution in [3.63, 3.8) is 0 Å². The van der Waals surface area contributed by atoms with E-state index in [0.717, 1.165) is 18.9 Å². The molecule has 0 aromatic carbocycles. The number of anilines is 2. The molecule has 108 valence electrons. The van der Waals surface area contributed by atoms with Crippen LogP contribution in [0, 0.1) is 17.6 Å². The van der Waals surface area contributed by atoms with Gasteiger partial charge in [0.15, 0.2) is 23.3 Å². The van der Waals surface area contributed by atoms with Crippen LogP contribution >= 0.6 is 0 Å². The lowest BCUT2D eigenvalue weighted by atomic mass is 10.0. The average Bonchev–Trinajstić information content (AvgIpc) is 2.35. The van der Waals surface area contributed by atoms with Gasteiger partial charge in [-0.2, -0.15) is 0 Å². The summed E-state index contributed by atoms with van der Waals surface area (Å²) < 4.78 is 27.1. The molecule has 0 aliphatic carbocycles. The number of rotatable bonds is 7. The van der Waals surface area contributed by atoms with Gasteiger partial charge in [0.25, 0.3) is 0 Å². The number of halogens is 2. The van der Waals surface area contributed by atoms with Crippen LogP contribution in [0.4, 0.5) is 20.4 Å². The first-order chi connectivity index (χ1) is 8.97. The molecule has 1 rings (SSSR count). The van der Waals surface area contributed by atoms with Gasteiger partial charge in [-0.25, -0.2) is 13.8 Å². The lowest BCUT2D eigenvalue weighted by molar-refractivity contribution is 0.480. The molecule has 0 aliphatic rings. The molecular formula is C14H23F2N3. The van der Waals surface area contributed by atoms with Gasteiger partial charge in [-0.3, -0.25) is 0 Å². The second-order valence-electron chi connectivity index (χ2n) is 4.97. The minimum absolute atomic E-state index is 0.0853. The molecule has 3 nitrogen and oxygen atoms in total. The minimum atomic E-state index is -0.667. The van der Waals surface area contributed by atoms with E-state index in [4.69, 9.17) is 0 Å². The summed E-state index contributed by atoms with van der Waals surface area (Å²) in [5.74, 6) is -0.579. The highest BCUT2D eigenvalue weighted by Crippen LogP contribution is 2.21. The first kappa shape index (κ1) is 15.7. The van der Waals surface area contributed by atoms with Crippen molar-refractivity contribution in [1.29, 1.82) is 0 Å². The van der Waals surface area contributed by atoms with E-state index in [1.54, 1.807) is 0 Å². The molecule has 0 amide bonds. The molecule has 0 saturated heterocycles. The maximum absolute atomic E-state index is 13.7. The number of aromatic nitrogens is 1. The summed E-state index contributed by atoms with van der Waals surface area (Å²) >= 11 is 0. The predicted octanol–water partition coefficient (Wildman–Crippen LogP) is 4.03. The SMILES string of the molecule is CCNc1nc(NC(C)CC(C)CC)c(F)cc1F. The van der Waals surface area contributed by atoms with E-state index in [-0.39, 0.29) is 17.7 Å². The lowest BCUT2D eigenvalue weighted by Crippen LogP contribution is -2.20. The minimum Gasteiger partial charge on any atom is -0.368 e. The zero-order valence-corrected chi connectivity index (χ0v) is 12.1. The molecule has 5 heteroatoms. The lowest BCUT2D eigenvalue weighted by Gasteiger charge is -2.19. The maximum Gasteiger partial charge on any atom is 0.168 e. The standard InChI is InChI=1S/C14H23F2N3/c1-5-9(3)7-10(4)18-14-12(16)8-11(15)13(19-14)17-6-2/h8-10H,5-7H2,1-4H3,(H2,17,18,19). The molecule has 2 N–H and O–H groups in total. The number of pyridine rings is 1. The van der Waals surface area contributed by atoms with Crippen molar-refractivity contribution in [1.82, 2.24) is 4.98 Å². The summed E-state index contributed by atoms with van der Waals surface area (Å²) in [6, 6.07) is 0.959. The Labute approximate surface area is 113 Å². The summed E-state index contributed by atoms with van der Waals surface area (Å²) in [5, 5.41) is 5.78. The van der Waals surface area contributed by atoms with Crippen molar-refractivity contribution in [2.45, 2.75) is 46.6 Å². The molecule has 1 aromatic heterocycles. The largest absolute Gasteiger partial charge is 0.368 e. The van der Waals surface area contributed by atoms with Gasteiger partial charge < -0.3 is 10.6 Å². The first-order valence-electron chi connectivity index (χ1n) is 6.84. The van der Waals surface area contributed by atoms with E-state index in [1.807, 2.05) is 13.8 Å². The molecule has 2 atom stereocenters. The van der Waals surface area contributed by atoms with Crippen LogP contribution in [0.2, 0.25) is 0 Å². The summed E-state index contributed by atoms with van der Waals surface area (Å²) in [4.78, 5) is 3.96. The normalized spacial score (nSPS) is 14.0. The summed E-state index contributed by atoms with van der Waals surface area (Å²) in [6.45, 7) is 8.62. The van der Waals surface area contributed by atoms with Gasteiger partial charge in [-0.15, -0.1) is 0 Å². The summed E-state index contributed by atoms with van der Waals surface area (Å²) in [5.41, 5.74) is 0. The Bertz CT molecular complexity index is 410. The van der Waals surface area contributed by atoms with Gasteiger partial charge in [0.1, 0.15) is 0 Å². The Morgan fingerprint density at radius 2 is 1.79 bits per heavy atom. The van der Waals surface area contributed by atoms with Gasteiger partial charge in [0, 0.05) is 18.7 Å². The summed E-state index contributed by atoms with van der Waals surface area (Å²) in [7, 11) is 0. The third-order valence-electron chi connectivity index (χ3n) is 3.11. The molecule has 0 spiro atoms. The van der Waals surface area contributed by atoms with Crippen LogP contribution in [-0.2, 0) is 0 Å². The quantitative estimate of drug-likeness (QED) is 0.786. The Hall–Kier alpha value is -1.39. The van der Waals surface area contributed by atoms with Crippen molar-refractivity contribution in [2.75, 3.05) is 17.2 Å². The Morgan fingerprint density at radius 1 is 1.16 bits per heavy atom. The second-order valence-corrected chi connectivity index (χ2v) is 4.97. The van der Waals surface area contributed by atoms with Crippen LogP contribution in [0.5, 0.6) is 0 Å². The van der Waals surface area contributed by atoms with E-state index in [9.17, 15) is 8.78 Å². The Balaban J connectivity index is 2.79. The van der Waals surface area contributed by atoms with E-state index < -0.39 is 11.6 Å². The third-order valence-corrected chi connectivity index (χ3v) is 3.11. The molecule has 1 heterocycles. The highest BCUT2D eigenvalue weighted by atomic mass is 19.1. The van der Waals surface area contributed by atoms with Gasteiger partial charge in [-0.05, 0) is 26.2 Å². The van der Waals surface area contributed by atoms with Crippen molar-refractivity contribution < 1.29 is 8.78 Å². The fourth-order valence-electron chi connectivity index (χ4n) is 1.92. The number of hydrogen-bond donors (Lipinski definition) is 2. The maximum atomic E-state index is 13.7. The number of nitrogens with zero attached hydrogens (tertiary/aromatic N) is 1. The Kier molecular flexibility index (Phi) is 5.99. The number of nitrogens with one attached hydrogen (secondary N) is 2. The monoisotopic (exact) mass is 271 g/mol. The number of hydrogen-bond acceptors (Lipinski definition) is 3. The molecule has 0 radical (unpaired) electrons. The van der Waals surface area contributed by atoms with E-state index in [1.165, 1.54) is 0 Å². The first-order valence-corrected chi connectivity index (χ1v) is 6.84. The highest BCUT2D eigenvalue weighted by Gasteiger charge is 2.14. The average molecular weight is 271 g/mol. The van der Waals surface area contributed by atoms with Gasteiger partial charge in [0.2, 0.25) is 0 Å². The molecule has 19 heavy (non-hydrogen) atoms. The van der Waals surface area contributed by atoms with E-state index in [0.29, 0.717) is 12.5 Å². The van der Waals surface area contributed by atoms with Gasteiger partial charge in [-0.1, -0.05) is 20.3 Å². The smallest absolute Gasteiger partial charge is 0.168 e. The van der Waals surface area contributed by atoms with Crippen molar-refractivity contribution >= 4 is 11.6 Å². The fourth-order valence-corrected chi connectivity index (χ4v) is 1.92. The van der Waals surface area contributed by atoms with Crippen molar-refractivity contribution in [3.05, 3.63) is 17.7 Å². The highest BCUT2D eigenvalue weighted by molar-refractivity contribution is 5.47. The molecule has 1 aromatic rings. The van der Waals surface area contributed by atoms with Crippen LogP contribution in [0.15, 0.2) is 6.07 Å². The molecule has 0 aliphatic heterocycles. The zero-order valence-electron chi connectivity index (χ0n) is 12.1. The van der Waals surface area contributed by atoms with Gasteiger partial charge in [0.05, 0.1) is 0 Å². The van der Waals surface area contributed by atoms with Crippen LogP contribution in [-0.4, -0.2) is 17.6 Å². The van der Waals surface area contributed by atoms with E-state index >= 15 is 0 Å². The van der Waals surface area contributed by atoms with Crippen LogP contribution < -0.4 is 10.6 Å². The molecule has 0 fully saturated rings. The fraction of sp³-hybridized carbons (Fsp3) is 0.643. The molecule has 0 bridgehead atoms. The molecule has 0 saturated carbocycles. The van der Waals surface area contributed by atoms with E-state index in [2.05, 4.69) is 29.5 Å². The van der Waals surface area contributed by atoms with Crippen molar-refractivity contribution in [2.24, 2.45) is 5.92 Å². The Morgan fingerprint density at radius 3 is 2.37 bits per heavy atom. The van der Waals surface area contributed by atoms with Gasteiger partial charge >= 0.3 is 0 Å². The third kappa shape index (κ3) is 4.65. The molecular weight excluding hydrogens is 248 g/mol. The predicted molar refractivity (Wildman–Crippen MR) is 75.5 cm³/mol. The van der Waals surface area contributed by atoms with Crippen LogP contribution in [0.1, 0.15) is 40.5 Å². The van der Waals surface area contributed by atoms with Crippen LogP contribution in [0.3, 0.4) is 0 Å². The topological polar surface area (TPSA) is 37.0 Å². The summed E-state index contributed by atoms with van der Waals surface area (Å²) in [6.07, 6.45) is 2.00. The van der Waals surface area contributed by atoms with Crippen LogP contribution in [0.25, 0.3) is 0 Å². The molecule has 2 unspecified atom stereocenters. The zero-order chi connectivity index (χ0) is 14.4.